The number of nitrogens with zero attached hydrogens (tertiary/aromatic N) is 4. The van der Waals surface area contributed by atoms with Crippen LogP contribution >= 0.6 is 0 Å². The van der Waals surface area contributed by atoms with Gasteiger partial charge in [0.1, 0.15) is 17.6 Å². The van der Waals surface area contributed by atoms with E-state index < -0.39 is 6.23 Å². The van der Waals surface area contributed by atoms with Crippen molar-refractivity contribution in [2.24, 2.45) is 5.73 Å². The summed E-state index contributed by atoms with van der Waals surface area (Å²) in [5.41, 5.74) is 8.23. The van der Waals surface area contributed by atoms with Gasteiger partial charge < -0.3 is 20.7 Å². The summed E-state index contributed by atoms with van der Waals surface area (Å²) in [4.78, 5) is 13.7. The number of aliphatic hydroxyl groups is 1. The van der Waals surface area contributed by atoms with Crippen molar-refractivity contribution in [3.05, 3.63) is 48.0 Å². The van der Waals surface area contributed by atoms with Crippen molar-refractivity contribution >= 4 is 17.0 Å². The standard InChI is InChI=1S/C18H24N6O/c1-11(2)24-10-21-14-17(20-9-13-7-5-4-6-8-13)22-16(23-18(14)24)12(3)15(19)25/h4-8,10-12,15,25H,9,19H2,1-3H3,(H,20,22,23)/t12-,15?/m1/s1. The minimum absolute atomic E-state index is 0.216. The summed E-state index contributed by atoms with van der Waals surface area (Å²) in [5, 5.41) is 13.1. The monoisotopic (exact) mass is 340 g/mol. The first-order valence-corrected chi connectivity index (χ1v) is 8.43. The number of hydrogen-bond donors (Lipinski definition) is 3. The average Bonchev–Trinajstić information content (AvgIpc) is 3.04. The zero-order valence-corrected chi connectivity index (χ0v) is 14.7. The summed E-state index contributed by atoms with van der Waals surface area (Å²) in [6.07, 6.45) is 0.750. The predicted molar refractivity (Wildman–Crippen MR) is 98.1 cm³/mol. The highest BCUT2D eigenvalue weighted by Crippen LogP contribution is 2.25. The van der Waals surface area contributed by atoms with Gasteiger partial charge in [0.25, 0.3) is 0 Å². The molecule has 0 fully saturated rings. The highest BCUT2D eigenvalue weighted by molar-refractivity contribution is 5.83. The number of aromatic nitrogens is 4. The van der Waals surface area contributed by atoms with E-state index in [0.717, 1.165) is 11.2 Å². The van der Waals surface area contributed by atoms with Crippen molar-refractivity contribution in [2.45, 2.75) is 45.5 Å². The van der Waals surface area contributed by atoms with E-state index in [2.05, 4.69) is 34.1 Å². The molecule has 3 rings (SSSR count). The highest BCUT2D eigenvalue weighted by Gasteiger charge is 2.20. The van der Waals surface area contributed by atoms with Crippen molar-refractivity contribution in [2.75, 3.05) is 5.32 Å². The van der Waals surface area contributed by atoms with Crippen LogP contribution in [0.1, 0.15) is 44.1 Å². The Balaban J connectivity index is 2.02. The van der Waals surface area contributed by atoms with E-state index in [9.17, 15) is 5.11 Å². The van der Waals surface area contributed by atoms with Crippen LogP contribution in [0.3, 0.4) is 0 Å². The maximum absolute atomic E-state index is 9.73. The molecule has 0 aliphatic heterocycles. The van der Waals surface area contributed by atoms with Crippen LogP contribution in [0.5, 0.6) is 0 Å². The van der Waals surface area contributed by atoms with Crippen molar-refractivity contribution in [3.63, 3.8) is 0 Å². The number of nitrogens with two attached hydrogens (primary N) is 1. The van der Waals surface area contributed by atoms with Crippen molar-refractivity contribution < 1.29 is 5.11 Å². The van der Waals surface area contributed by atoms with Crippen molar-refractivity contribution in [3.8, 4) is 0 Å². The van der Waals surface area contributed by atoms with Crippen LogP contribution in [0.15, 0.2) is 36.7 Å². The minimum Gasteiger partial charge on any atom is -0.378 e. The third kappa shape index (κ3) is 3.62. The lowest BCUT2D eigenvalue weighted by Gasteiger charge is -2.16. The molecule has 1 aromatic carbocycles. The molecule has 0 spiro atoms. The smallest absolute Gasteiger partial charge is 0.166 e. The maximum Gasteiger partial charge on any atom is 0.166 e. The molecule has 0 aliphatic carbocycles. The fraction of sp³-hybridized carbons (Fsp3) is 0.389. The highest BCUT2D eigenvalue weighted by atomic mass is 16.3. The average molecular weight is 340 g/mol. The zero-order valence-electron chi connectivity index (χ0n) is 14.7. The number of aliphatic hydroxyl groups excluding tert-OH is 1. The lowest BCUT2D eigenvalue weighted by atomic mass is 10.1. The molecule has 25 heavy (non-hydrogen) atoms. The van der Waals surface area contributed by atoms with Crippen molar-refractivity contribution in [1.29, 1.82) is 0 Å². The summed E-state index contributed by atoms with van der Waals surface area (Å²) < 4.78 is 1.99. The zero-order chi connectivity index (χ0) is 18.0. The lowest BCUT2D eigenvalue weighted by molar-refractivity contribution is 0.153. The summed E-state index contributed by atoms with van der Waals surface area (Å²) in [5.74, 6) is 0.772. The number of rotatable bonds is 6. The Morgan fingerprint density at radius 1 is 1.16 bits per heavy atom. The van der Waals surface area contributed by atoms with Gasteiger partial charge in [-0.15, -0.1) is 0 Å². The molecule has 0 saturated heterocycles. The molecule has 7 heteroatoms. The largest absolute Gasteiger partial charge is 0.378 e. The first kappa shape index (κ1) is 17.3. The van der Waals surface area contributed by atoms with Gasteiger partial charge in [0.2, 0.25) is 0 Å². The second kappa shape index (κ2) is 7.16. The maximum atomic E-state index is 9.73. The van der Waals surface area contributed by atoms with Gasteiger partial charge in [0, 0.05) is 12.6 Å². The second-order valence-electron chi connectivity index (χ2n) is 6.47. The Bertz CT molecular complexity index is 843. The van der Waals surface area contributed by atoms with Crippen LogP contribution in [-0.4, -0.2) is 30.9 Å². The van der Waals surface area contributed by atoms with Crippen LogP contribution in [-0.2, 0) is 6.54 Å². The molecular formula is C18H24N6O. The Hall–Kier alpha value is -2.51. The van der Waals surface area contributed by atoms with Gasteiger partial charge in [-0.1, -0.05) is 37.3 Å². The van der Waals surface area contributed by atoms with E-state index in [-0.39, 0.29) is 12.0 Å². The molecule has 132 valence electrons. The van der Waals surface area contributed by atoms with Gasteiger partial charge in [-0.25, -0.2) is 15.0 Å². The molecule has 2 aromatic heterocycles. The van der Waals surface area contributed by atoms with Gasteiger partial charge in [-0.2, -0.15) is 0 Å². The summed E-state index contributed by atoms with van der Waals surface area (Å²) >= 11 is 0. The van der Waals surface area contributed by atoms with Crippen LogP contribution in [0, 0.1) is 0 Å². The van der Waals surface area contributed by atoms with Gasteiger partial charge >= 0.3 is 0 Å². The molecular weight excluding hydrogens is 316 g/mol. The summed E-state index contributed by atoms with van der Waals surface area (Å²) in [6, 6.07) is 10.3. The third-order valence-corrected chi connectivity index (χ3v) is 4.22. The number of benzene rings is 1. The number of hydrogen-bond acceptors (Lipinski definition) is 6. The van der Waals surface area contributed by atoms with Crippen LogP contribution < -0.4 is 11.1 Å². The van der Waals surface area contributed by atoms with E-state index in [1.165, 1.54) is 0 Å². The topological polar surface area (TPSA) is 102 Å². The van der Waals surface area contributed by atoms with Gasteiger partial charge in [-0.05, 0) is 19.4 Å². The van der Waals surface area contributed by atoms with Gasteiger partial charge in [0.05, 0.1) is 12.2 Å². The number of imidazole rings is 1. The first-order chi connectivity index (χ1) is 12.0. The molecule has 0 bridgehead atoms. The number of anilines is 1. The molecule has 0 amide bonds. The quantitative estimate of drug-likeness (QED) is 0.596. The SMILES string of the molecule is CC(C)n1cnc2c(NCc3ccccc3)nc([C@H](C)C(N)O)nc21. The fourth-order valence-electron chi connectivity index (χ4n) is 2.57. The van der Waals surface area contributed by atoms with Crippen molar-refractivity contribution in [1.82, 2.24) is 19.5 Å². The van der Waals surface area contributed by atoms with E-state index >= 15 is 0 Å². The molecule has 0 radical (unpaired) electrons. The molecule has 1 unspecified atom stereocenters. The molecule has 4 N–H and O–H groups in total. The van der Waals surface area contributed by atoms with Gasteiger partial charge in [0.15, 0.2) is 11.5 Å². The Morgan fingerprint density at radius 2 is 1.88 bits per heavy atom. The Kier molecular flexibility index (Phi) is 4.96. The molecule has 0 aliphatic rings. The second-order valence-corrected chi connectivity index (χ2v) is 6.47. The first-order valence-electron chi connectivity index (χ1n) is 8.43. The van der Waals surface area contributed by atoms with Crippen LogP contribution in [0.25, 0.3) is 11.2 Å². The lowest BCUT2D eigenvalue weighted by Crippen LogP contribution is -2.27. The molecule has 7 nitrogen and oxygen atoms in total. The fourth-order valence-corrected chi connectivity index (χ4v) is 2.57. The summed E-state index contributed by atoms with van der Waals surface area (Å²) in [6.45, 7) is 6.58. The summed E-state index contributed by atoms with van der Waals surface area (Å²) in [7, 11) is 0. The van der Waals surface area contributed by atoms with Crippen LogP contribution in [0.2, 0.25) is 0 Å². The molecule has 2 atom stereocenters. The van der Waals surface area contributed by atoms with E-state index in [4.69, 9.17) is 5.73 Å². The molecule has 3 aromatic rings. The molecule has 2 heterocycles. The third-order valence-electron chi connectivity index (χ3n) is 4.22. The van der Waals surface area contributed by atoms with E-state index in [0.29, 0.717) is 23.7 Å². The Labute approximate surface area is 146 Å². The van der Waals surface area contributed by atoms with Gasteiger partial charge in [-0.3, -0.25) is 0 Å². The Morgan fingerprint density at radius 3 is 2.52 bits per heavy atom. The normalized spacial score (nSPS) is 14.0. The number of fused-ring (bicyclic) bond motifs is 1. The minimum atomic E-state index is -1.02. The van der Waals surface area contributed by atoms with Crippen LogP contribution in [0.4, 0.5) is 5.82 Å². The predicted octanol–water partition coefficient (Wildman–Crippen LogP) is 2.40. The number of nitrogens with one attached hydrogen (secondary N) is 1. The van der Waals surface area contributed by atoms with E-state index in [1.54, 1.807) is 6.33 Å². The molecule has 0 saturated carbocycles. The van der Waals surface area contributed by atoms with E-state index in [1.807, 2.05) is 41.8 Å².